The van der Waals surface area contributed by atoms with Crippen molar-refractivity contribution in [2.45, 2.75) is 154 Å². The third kappa shape index (κ3) is 14.8. The Labute approximate surface area is 159 Å². The Morgan fingerprint density at radius 1 is 0.400 bits per heavy atom. The largest absolute Gasteiger partial charge is 0.370 e. The predicted molar refractivity (Wildman–Crippen MR) is 112 cm³/mol. The molecule has 0 spiro atoms. The topological polar surface area (TPSA) is 12.5 Å². The third-order valence-electron chi connectivity index (χ3n) is 5.87. The van der Waals surface area contributed by atoms with Crippen LogP contribution in [0.4, 0.5) is 0 Å². The van der Waals surface area contributed by atoms with Crippen molar-refractivity contribution in [3.05, 3.63) is 0 Å². The van der Waals surface area contributed by atoms with Gasteiger partial charge in [-0.3, -0.25) is 0 Å². The molecule has 0 bridgehead atoms. The SMILES string of the molecule is CCCCCCCCCCCC1OC1CCCCCCCCCCC. The van der Waals surface area contributed by atoms with Crippen LogP contribution in [0, 0.1) is 0 Å². The molecule has 0 aromatic rings. The highest BCUT2D eigenvalue weighted by molar-refractivity contribution is 4.84. The summed E-state index contributed by atoms with van der Waals surface area (Å²) in [6, 6.07) is 0. The van der Waals surface area contributed by atoms with Gasteiger partial charge in [-0.25, -0.2) is 0 Å². The molecule has 25 heavy (non-hydrogen) atoms. The van der Waals surface area contributed by atoms with E-state index in [-0.39, 0.29) is 0 Å². The summed E-state index contributed by atoms with van der Waals surface area (Å²) in [6.45, 7) is 4.59. The fourth-order valence-electron chi connectivity index (χ4n) is 4.00. The van der Waals surface area contributed by atoms with Crippen molar-refractivity contribution in [2.75, 3.05) is 0 Å². The van der Waals surface area contributed by atoms with Crippen LogP contribution in [0.25, 0.3) is 0 Å². The van der Waals surface area contributed by atoms with Crippen LogP contribution in [0.1, 0.15) is 142 Å². The minimum absolute atomic E-state index is 0.638. The molecular formula is C24H48O. The second-order valence-electron chi connectivity index (χ2n) is 8.45. The monoisotopic (exact) mass is 352 g/mol. The maximum atomic E-state index is 5.86. The molecule has 0 radical (unpaired) electrons. The minimum Gasteiger partial charge on any atom is -0.370 e. The Morgan fingerprint density at radius 2 is 0.680 bits per heavy atom. The van der Waals surface area contributed by atoms with Crippen LogP contribution < -0.4 is 0 Å². The van der Waals surface area contributed by atoms with Crippen molar-refractivity contribution >= 4 is 0 Å². The zero-order valence-corrected chi connectivity index (χ0v) is 17.7. The number of hydrogen-bond donors (Lipinski definition) is 0. The maximum Gasteiger partial charge on any atom is 0.0841 e. The molecule has 1 heterocycles. The summed E-state index contributed by atoms with van der Waals surface area (Å²) >= 11 is 0. The normalized spacial score (nSPS) is 19.4. The molecule has 1 aliphatic heterocycles. The lowest BCUT2D eigenvalue weighted by Gasteiger charge is -2.02. The van der Waals surface area contributed by atoms with E-state index >= 15 is 0 Å². The molecular weight excluding hydrogens is 304 g/mol. The highest BCUT2D eigenvalue weighted by Gasteiger charge is 2.36. The van der Waals surface area contributed by atoms with Crippen LogP contribution in [0.15, 0.2) is 0 Å². The van der Waals surface area contributed by atoms with Crippen molar-refractivity contribution in [3.63, 3.8) is 0 Å². The third-order valence-corrected chi connectivity index (χ3v) is 5.87. The molecule has 0 aromatic heterocycles. The van der Waals surface area contributed by atoms with Crippen LogP contribution in [0.3, 0.4) is 0 Å². The number of rotatable bonds is 20. The molecule has 1 fully saturated rings. The first-order valence-corrected chi connectivity index (χ1v) is 12.0. The van der Waals surface area contributed by atoms with Gasteiger partial charge in [0.05, 0.1) is 12.2 Å². The van der Waals surface area contributed by atoms with Gasteiger partial charge in [-0.2, -0.15) is 0 Å². The number of epoxide rings is 1. The summed E-state index contributed by atoms with van der Waals surface area (Å²) in [4.78, 5) is 0. The Hall–Kier alpha value is -0.0400. The molecule has 1 rings (SSSR count). The molecule has 1 heteroatoms. The molecule has 0 aromatic carbocycles. The van der Waals surface area contributed by atoms with Gasteiger partial charge in [-0.15, -0.1) is 0 Å². The highest BCUT2D eigenvalue weighted by atomic mass is 16.6. The summed E-state index contributed by atoms with van der Waals surface area (Å²) in [6.07, 6.45) is 29.7. The summed E-state index contributed by atoms with van der Waals surface area (Å²) in [5.41, 5.74) is 0. The molecule has 150 valence electrons. The van der Waals surface area contributed by atoms with E-state index in [1.54, 1.807) is 0 Å². The van der Waals surface area contributed by atoms with Crippen LogP contribution in [0.2, 0.25) is 0 Å². The first-order chi connectivity index (χ1) is 12.4. The average molecular weight is 353 g/mol. The summed E-state index contributed by atoms with van der Waals surface area (Å²) in [7, 11) is 0. The zero-order chi connectivity index (χ0) is 18.0. The first-order valence-electron chi connectivity index (χ1n) is 12.0. The summed E-state index contributed by atoms with van der Waals surface area (Å²) in [5, 5.41) is 0. The van der Waals surface area contributed by atoms with Crippen molar-refractivity contribution in [1.82, 2.24) is 0 Å². The first kappa shape index (κ1) is 23.0. The van der Waals surface area contributed by atoms with E-state index in [1.807, 2.05) is 0 Å². The van der Waals surface area contributed by atoms with E-state index in [4.69, 9.17) is 4.74 Å². The lowest BCUT2D eigenvalue weighted by atomic mass is 10.0. The van der Waals surface area contributed by atoms with Crippen molar-refractivity contribution in [2.24, 2.45) is 0 Å². The zero-order valence-electron chi connectivity index (χ0n) is 17.7. The average Bonchev–Trinajstić information content (AvgIpc) is 3.37. The van der Waals surface area contributed by atoms with Gasteiger partial charge in [0.1, 0.15) is 0 Å². The maximum absolute atomic E-state index is 5.86. The van der Waals surface area contributed by atoms with Gasteiger partial charge in [-0.1, -0.05) is 129 Å². The lowest BCUT2D eigenvalue weighted by Crippen LogP contribution is -1.95. The van der Waals surface area contributed by atoms with Gasteiger partial charge in [0.2, 0.25) is 0 Å². The second kappa shape index (κ2) is 17.4. The van der Waals surface area contributed by atoms with E-state index in [1.165, 1.54) is 128 Å². The van der Waals surface area contributed by atoms with Crippen LogP contribution in [-0.4, -0.2) is 12.2 Å². The fraction of sp³-hybridized carbons (Fsp3) is 1.00. The molecule has 0 aliphatic carbocycles. The molecule has 1 aliphatic rings. The van der Waals surface area contributed by atoms with Gasteiger partial charge < -0.3 is 4.74 Å². The molecule has 1 saturated heterocycles. The van der Waals surface area contributed by atoms with E-state index in [9.17, 15) is 0 Å². The van der Waals surface area contributed by atoms with Gasteiger partial charge >= 0.3 is 0 Å². The number of unbranched alkanes of at least 4 members (excludes halogenated alkanes) is 16. The van der Waals surface area contributed by atoms with E-state index in [2.05, 4.69) is 13.8 Å². The van der Waals surface area contributed by atoms with Gasteiger partial charge in [-0.05, 0) is 12.8 Å². The standard InChI is InChI=1S/C24H48O/c1-3-5-7-9-11-13-15-17-19-21-23-24(25-23)22-20-18-16-14-12-10-8-6-4-2/h23-24H,3-22H2,1-2H3. The van der Waals surface area contributed by atoms with Crippen molar-refractivity contribution < 1.29 is 4.74 Å². The van der Waals surface area contributed by atoms with E-state index < -0.39 is 0 Å². The van der Waals surface area contributed by atoms with Crippen LogP contribution in [-0.2, 0) is 4.74 Å². The second-order valence-corrected chi connectivity index (χ2v) is 8.45. The number of ether oxygens (including phenoxy) is 1. The fourth-order valence-corrected chi connectivity index (χ4v) is 4.00. The molecule has 0 saturated carbocycles. The van der Waals surface area contributed by atoms with Gasteiger partial charge in [0.25, 0.3) is 0 Å². The number of hydrogen-bond acceptors (Lipinski definition) is 1. The van der Waals surface area contributed by atoms with Gasteiger partial charge in [0, 0.05) is 0 Å². The van der Waals surface area contributed by atoms with Crippen molar-refractivity contribution in [3.8, 4) is 0 Å². The highest BCUT2D eigenvalue weighted by Crippen LogP contribution is 2.31. The quantitative estimate of drug-likeness (QED) is 0.158. The molecule has 1 nitrogen and oxygen atoms in total. The molecule has 2 unspecified atom stereocenters. The predicted octanol–water partition coefficient (Wildman–Crippen LogP) is 8.60. The molecule has 0 N–H and O–H groups in total. The van der Waals surface area contributed by atoms with E-state index in [0.29, 0.717) is 12.2 Å². The molecule has 0 amide bonds. The summed E-state index contributed by atoms with van der Waals surface area (Å²) in [5.74, 6) is 0. The van der Waals surface area contributed by atoms with E-state index in [0.717, 1.165) is 0 Å². The smallest absolute Gasteiger partial charge is 0.0841 e. The Bertz CT molecular complexity index is 237. The summed E-state index contributed by atoms with van der Waals surface area (Å²) < 4.78 is 5.86. The Balaban J connectivity index is 1.71. The Morgan fingerprint density at radius 3 is 1.00 bits per heavy atom. The minimum atomic E-state index is 0.638. The van der Waals surface area contributed by atoms with Crippen LogP contribution >= 0.6 is 0 Å². The van der Waals surface area contributed by atoms with Crippen LogP contribution in [0.5, 0.6) is 0 Å². The Kier molecular flexibility index (Phi) is 16.0. The van der Waals surface area contributed by atoms with Crippen molar-refractivity contribution in [1.29, 1.82) is 0 Å². The van der Waals surface area contributed by atoms with Gasteiger partial charge in [0.15, 0.2) is 0 Å². The molecule has 2 atom stereocenters. The lowest BCUT2D eigenvalue weighted by molar-refractivity contribution is 0.347.